The molecule has 19 atom stereocenters. The van der Waals surface area contributed by atoms with Gasteiger partial charge in [0.15, 0.2) is 24.8 Å². The van der Waals surface area contributed by atoms with Gasteiger partial charge in [-0.05, 0) is 57.3 Å². The molecule has 0 bridgehead atoms. The van der Waals surface area contributed by atoms with E-state index in [1.54, 1.807) is 0 Å². The van der Waals surface area contributed by atoms with E-state index in [2.05, 4.69) is 46.8 Å². The average Bonchev–Trinajstić information content (AvgIpc) is 0.754. The van der Waals surface area contributed by atoms with Crippen LogP contribution in [0.25, 0.3) is 0 Å². The molecule has 0 amide bonds. The third-order valence-corrected chi connectivity index (χ3v) is 23.7. The predicted molar refractivity (Wildman–Crippen MR) is 439 cm³/mol. The molecule has 2 heterocycles. The van der Waals surface area contributed by atoms with Gasteiger partial charge >= 0.3 is 31.7 Å². The molecule has 0 aromatic carbocycles. The summed E-state index contributed by atoms with van der Waals surface area (Å²) in [5.74, 6) is -2.29. The van der Waals surface area contributed by atoms with Crippen LogP contribution in [0.5, 0.6) is 0 Å². The first-order chi connectivity index (χ1) is 55.1. The number of phosphoric ester groups is 1. The maximum Gasteiger partial charge on any atom is 0.472 e. The van der Waals surface area contributed by atoms with E-state index in [0.717, 1.165) is 122 Å². The van der Waals surface area contributed by atoms with Crippen LogP contribution in [-0.4, -0.2) is 205 Å². The van der Waals surface area contributed by atoms with Gasteiger partial charge in [-0.25, -0.2) is 4.57 Å². The van der Waals surface area contributed by atoms with Crippen LogP contribution in [0.1, 0.15) is 388 Å². The second-order valence-corrected chi connectivity index (χ2v) is 34.5. The summed E-state index contributed by atoms with van der Waals surface area (Å²) in [7, 11) is -5.81. The van der Waals surface area contributed by atoms with Gasteiger partial charge in [0.05, 0.1) is 13.2 Å². The highest BCUT2D eigenvalue weighted by molar-refractivity contribution is 7.47. The summed E-state index contributed by atoms with van der Waals surface area (Å²) in [5.41, 5.74) is 0. The summed E-state index contributed by atoms with van der Waals surface area (Å²) in [4.78, 5) is 66.4. The molecular formula is C88H163O25P. The molecule has 2 aliphatic heterocycles. The smallest absolute Gasteiger partial charge is 0.463 e. The Kier molecular flexibility index (Phi) is 61.8. The van der Waals surface area contributed by atoms with Gasteiger partial charge in [-0.2, -0.15) is 0 Å². The summed E-state index contributed by atoms with van der Waals surface area (Å²) in [6.45, 7) is 7.90. The molecule has 0 spiro atoms. The summed E-state index contributed by atoms with van der Waals surface area (Å²) in [6.07, 6.45) is 22.4. The highest BCUT2D eigenvalue weighted by Gasteiger charge is 2.60. The van der Waals surface area contributed by atoms with Crippen molar-refractivity contribution in [1.82, 2.24) is 0 Å². The van der Waals surface area contributed by atoms with E-state index in [1.165, 1.54) is 167 Å². The van der Waals surface area contributed by atoms with Crippen molar-refractivity contribution in [3.63, 3.8) is 0 Å². The highest BCUT2D eigenvalue weighted by Crippen LogP contribution is 2.49. The Morgan fingerprint density at radius 3 is 1.14 bits per heavy atom. The minimum Gasteiger partial charge on any atom is -0.463 e. The number of rotatable bonds is 73. The van der Waals surface area contributed by atoms with Crippen LogP contribution in [0.3, 0.4) is 0 Å². The lowest BCUT2D eigenvalue weighted by atomic mass is 9.84. The third kappa shape index (κ3) is 47.4. The lowest BCUT2D eigenvalue weighted by Gasteiger charge is -2.50. The fourth-order valence-electron chi connectivity index (χ4n) is 15.3. The minimum atomic E-state index is -5.81. The van der Waals surface area contributed by atoms with E-state index in [1.807, 2.05) is 0 Å². The van der Waals surface area contributed by atoms with Gasteiger partial charge in [-0.3, -0.25) is 28.2 Å². The third-order valence-electron chi connectivity index (χ3n) is 22.7. The van der Waals surface area contributed by atoms with Gasteiger partial charge in [0.25, 0.3) is 0 Å². The van der Waals surface area contributed by atoms with Crippen LogP contribution in [0.2, 0.25) is 0 Å². The molecule has 10 N–H and O–H groups in total. The Morgan fingerprint density at radius 2 is 0.711 bits per heavy atom. The van der Waals surface area contributed by atoms with Gasteiger partial charge in [-0.1, -0.05) is 323 Å². The van der Waals surface area contributed by atoms with Crippen LogP contribution < -0.4 is 0 Å². The van der Waals surface area contributed by atoms with E-state index in [0.29, 0.717) is 38.0 Å². The van der Waals surface area contributed by atoms with Crippen molar-refractivity contribution in [3.8, 4) is 0 Å². The van der Waals surface area contributed by atoms with Crippen LogP contribution in [0.15, 0.2) is 12.2 Å². The van der Waals surface area contributed by atoms with Gasteiger partial charge in [0.2, 0.25) is 0 Å². The average molecular weight is 1650 g/mol. The summed E-state index contributed by atoms with van der Waals surface area (Å²) < 4.78 is 73.3. The van der Waals surface area contributed by atoms with Gasteiger partial charge in [-0.15, -0.1) is 0 Å². The Morgan fingerprint density at radius 1 is 0.368 bits per heavy atom. The molecule has 3 rings (SSSR count). The summed E-state index contributed by atoms with van der Waals surface area (Å²) >= 11 is 0. The Bertz CT molecular complexity index is 2440. The molecule has 114 heavy (non-hydrogen) atoms. The summed E-state index contributed by atoms with van der Waals surface area (Å²) in [5, 5.41) is 102. The number of hydrogen-bond donors (Lipinski definition) is 10. The highest BCUT2D eigenvalue weighted by atomic mass is 31.2. The van der Waals surface area contributed by atoms with Crippen molar-refractivity contribution in [2.24, 2.45) is 5.92 Å². The standard InChI is InChI=1S/C88H163O25P/c1-6-10-14-18-22-25-28-31-34-37-40-47-54-60-72(91)105-66-70-76(95)78(97)82(101)88(109-70)112-85-83(110-74(93)62-56-50-42-39-36-33-30-27-24-20-16-12-8-3)79(98)80(99)84(111-87-81(100)77(96)75(94)69(63-89)108-87)86(85)113-114(102,103)106-65-68(107-73(92)61-55-49-41-38-35-32-29-26-23-19-15-11-7-2)64-104-71(90)59-53-48-44-43-46-52-58-67(5)57-51-45-21-17-13-9-4/h33,36,67-70,75-89,94-101H,6-32,34-35,37-66H2,1-5H3,(H,102,103)/b36-33-. The zero-order valence-electron chi connectivity index (χ0n) is 71.3. The molecule has 0 aromatic rings. The Hall–Kier alpha value is -2.79. The second kappa shape index (κ2) is 66.9. The van der Waals surface area contributed by atoms with E-state index in [-0.39, 0.29) is 32.1 Å². The first-order valence-electron chi connectivity index (χ1n) is 45.8. The van der Waals surface area contributed by atoms with Crippen molar-refractivity contribution in [1.29, 1.82) is 0 Å². The molecule has 0 aromatic heterocycles. The van der Waals surface area contributed by atoms with Crippen LogP contribution >= 0.6 is 7.82 Å². The molecule has 1 aliphatic carbocycles. The van der Waals surface area contributed by atoms with Crippen LogP contribution in [0, 0.1) is 5.92 Å². The molecule has 25 nitrogen and oxygen atoms in total. The van der Waals surface area contributed by atoms with E-state index in [4.69, 9.17) is 46.9 Å². The number of ether oxygens (including phenoxy) is 8. The van der Waals surface area contributed by atoms with Crippen molar-refractivity contribution in [2.75, 3.05) is 26.4 Å². The SMILES string of the molecule is CCCCCCCC/C=C\CCCCCC(=O)OC1C(O)C(O)C(OC2OC(CO)C(O)C(O)C2O)C(OP(=O)(O)OCC(COC(=O)CCCCCCCCC(C)CCCCCCCC)OC(=O)CCCCCCCCCCCCCCC)C1OC1OC(COC(=O)CCCCCCCCCCCCCCC)C(O)C(O)C1O. The number of aliphatic hydroxyl groups is 9. The fraction of sp³-hybridized carbons (Fsp3) is 0.932. The molecule has 670 valence electrons. The van der Waals surface area contributed by atoms with Gasteiger partial charge in [0, 0.05) is 25.7 Å². The lowest BCUT2D eigenvalue weighted by molar-refractivity contribution is -0.360. The van der Waals surface area contributed by atoms with Crippen molar-refractivity contribution in [2.45, 2.75) is 492 Å². The van der Waals surface area contributed by atoms with Crippen molar-refractivity contribution in [3.05, 3.63) is 12.2 Å². The second-order valence-electron chi connectivity index (χ2n) is 33.1. The first kappa shape index (κ1) is 105. The molecular weight excluding hydrogens is 1490 g/mol. The van der Waals surface area contributed by atoms with Crippen molar-refractivity contribution < 1.29 is 122 Å². The number of esters is 4. The molecule has 1 saturated carbocycles. The zero-order valence-corrected chi connectivity index (χ0v) is 72.2. The number of aliphatic hydroxyl groups excluding tert-OH is 9. The van der Waals surface area contributed by atoms with Crippen molar-refractivity contribution >= 4 is 31.7 Å². The fourth-order valence-corrected chi connectivity index (χ4v) is 16.2. The number of unbranched alkanes of at least 4 members (excludes halogenated alkanes) is 43. The zero-order chi connectivity index (χ0) is 83.4. The first-order valence-corrected chi connectivity index (χ1v) is 47.3. The van der Waals surface area contributed by atoms with E-state index >= 15 is 0 Å². The number of carbonyl (C=O) groups excluding carboxylic acids is 4. The number of carbonyl (C=O) groups is 4. The monoisotopic (exact) mass is 1650 g/mol. The van der Waals surface area contributed by atoms with Gasteiger partial charge < -0.3 is 88.7 Å². The molecule has 0 radical (unpaired) electrons. The van der Waals surface area contributed by atoms with Crippen LogP contribution in [0.4, 0.5) is 0 Å². The lowest BCUT2D eigenvalue weighted by Crippen LogP contribution is -2.70. The molecule has 2 saturated heterocycles. The normalized spacial score (nSPS) is 25.7. The van der Waals surface area contributed by atoms with E-state index < -0.39 is 162 Å². The van der Waals surface area contributed by atoms with E-state index in [9.17, 15) is 74.6 Å². The molecule has 3 fully saturated rings. The van der Waals surface area contributed by atoms with Gasteiger partial charge in [0.1, 0.15) is 92.6 Å². The molecule has 3 aliphatic rings. The predicted octanol–water partition coefficient (Wildman–Crippen LogP) is 16.2. The largest absolute Gasteiger partial charge is 0.472 e. The Labute approximate surface area is 686 Å². The number of allylic oxidation sites excluding steroid dienone is 2. The molecule has 26 heteroatoms. The maximum atomic E-state index is 14.9. The Balaban J connectivity index is 1.93. The number of hydrogen-bond acceptors (Lipinski definition) is 24. The maximum absolute atomic E-state index is 14.9. The van der Waals surface area contributed by atoms with Crippen LogP contribution in [-0.2, 0) is 70.7 Å². The minimum absolute atomic E-state index is 0.0164. The quantitative estimate of drug-likeness (QED) is 0.00889. The molecule has 19 unspecified atom stereocenters. The number of phosphoric acid groups is 1. The summed E-state index contributed by atoms with van der Waals surface area (Å²) in [6, 6.07) is 0. The topological polar surface area (TPSA) is 380 Å².